The smallest absolute Gasteiger partial charge is 0.441 e. The zero-order valence-corrected chi connectivity index (χ0v) is 13.6. The highest BCUT2D eigenvalue weighted by Crippen LogP contribution is 2.33. The molecule has 0 saturated heterocycles. The van der Waals surface area contributed by atoms with Crippen molar-refractivity contribution in [2.75, 3.05) is 11.9 Å². The Balaban J connectivity index is 2.47. The van der Waals surface area contributed by atoms with Crippen molar-refractivity contribution < 1.29 is 27.5 Å². The van der Waals surface area contributed by atoms with Crippen molar-refractivity contribution in [3.05, 3.63) is 54.5 Å². The second kappa shape index (κ2) is 7.81. The van der Waals surface area contributed by atoms with Crippen molar-refractivity contribution in [3.63, 3.8) is 0 Å². The van der Waals surface area contributed by atoms with Crippen LogP contribution in [0.25, 0.3) is 0 Å². The number of rotatable bonds is 6. The molecule has 1 atom stereocenters. The number of nitrogens with zero attached hydrogens (tertiary/aromatic N) is 2. The highest BCUT2D eigenvalue weighted by Gasteiger charge is 2.64. The lowest BCUT2D eigenvalue weighted by atomic mass is 10.1. The number of anilines is 1. The first-order valence-electron chi connectivity index (χ1n) is 7.46. The van der Waals surface area contributed by atoms with Gasteiger partial charge >= 0.3 is 17.8 Å². The molecule has 2 heterocycles. The molecule has 2 rings (SSSR count). The van der Waals surface area contributed by atoms with Gasteiger partial charge < -0.3 is 15.4 Å². The summed E-state index contributed by atoms with van der Waals surface area (Å²) in [6.07, 6.45) is -1.57. The van der Waals surface area contributed by atoms with Gasteiger partial charge in [-0.25, -0.2) is 9.78 Å². The van der Waals surface area contributed by atoms with E-state index in [1.165, 1.54) is 49.6 Å². The summed E-state index contributed by atoms with van der Waals surface area (Å²) in [5.41, 5.74) is -3.68. The number of alkyl halides is 3. The molecule has 2 aromatic rings. The Morgan fingerprint density at radius 2 is 1.92 bits per heavy atom. The predicted octanol–water partition coefficient (Wildman–Crippen LogP) is 2.14. The average molecular weight is 368 g/mol. The van der Waals surface area contributed by atoms with Gasteiger partial charge in [0.15, 0.2) is 0 Å². The molecular weight excluding hydrogens is 353 g/mol. The Hall–Kier alpha value is -3.17. The van der Waals surface area contributed by atoms with E-state index in [9.17, 15) is 22.8 Å². The number of halogens is 3. The van der Waals surface area contributed by atoms with Crippen LogP contribution >= 0.6 is 0 Å². The molecule has 0 aromatic carbocycles. The van der Waals surface area contributed by atoms with Gasteiger partial charge in [-0.05, 0) is 31.2 Å². The second-order valence-corrected chi connectivity index (χ2v) is 5.00. The largest absolute Gasteiger partial charge is 0.463 e. The molecule has 0 aliphatic rings. The summed E-state index contributed by atoms with van der Waals surface area (Å²) >= 11 is 0. The number of esters is 1. The molecular formula is C16H15F3N4O3. The summed E-state index contributed by atoms with van der Waals surface area (Å²) < 4.78 is 46.2. The number of carbonyl (C=O) groups excluding carboxylic acids is 2. The summed E-state index contributed by atoms with van der Waals surface area (Å²) in [6, 6.07) is 6.76. The molecule has 0 radical (unpaired) electrons. The number of ether oxygens (including phenoxy) is 1. The number of nitrogens with one attached hydrogen (secondary N) is 2. The van der Waals surface area contributed by atoms with E-state index in [-0.39, 0.29) is 18.0 Å². The number of pyridine rings is 2. The van der Waals surface area contributed by atoms with Crippen LogP contribution < -0.4 is 10.6 Å². The minimum atomic E-state index is -5.23. The molecule has 26 heavy (non-hydrogen) atoms. The SMILES string of the molecule is CCOC(=O)C(NC(=O)c1cccnc1)(Nc1ccccn1)C(F)(F)F. The first-order valence-corrected chi connectivity index (χ1v) is 7.46. The lowest BCUT2D eigenvalue weighted by molar-refractivity contribution is -0.204. The summed E-state index contributed by atoms with van der Waals surface area (Å²) in [6.45, 7) is 1.03. The first-order chi connectivity index (χ1) is 12.3. The maximum absolute atomic E-state index is 13.9. The fourth-order valence-electron chi connectivity index (χ4n) is 2.00. The van der Waals surface area contributed by atoms with Crippen molar-refractivity contribution in [1.29, 1.82) is 0 Å². The minimum absolute atomic E-state index is 0.159. The van der Waals surface area contributed by atoms with Gasteiger partial charge in [-0.1, -0.05) is 6.07 Å². The Morgan fingerprint density at radius 3 is 2.46 bits per heavy atom. The van der Waals surface area contributed by atoms with Crippen LogP contribution in [0.2, 0.25) is 0 Å². The van der Waals surface area contributed by atoms with Crippen LogP contribution in [0.5, 0.6) is 0 Å². The molecule has 0 saturated carbocycles. The first kappa shape index (κ1) is 19.2. The fourth-order valence-corrected chi connectivity index (χ4v) is 2.00. The number of hydrogen-bond donors (Lipinski definition) is 2. The third kappa shape index (κ3) is 4.08. The van der Waals surface area contributed by atoms with Crippen molar-refractivity contribution in [2.24, 2.45) is 0 Å². The van der Waals surface area contributed by atoms with E-state index in [0.29, 0.717) is 0 Å². The van der Waals surface area contributed by atoms with E-state index < -0.39 is 23.7 Å². The molecule has 1 unspecified atom stereocenters. The normalized spacial score (nSPS) is 13.4. The zero-order valence-electron chi connectivity index (χ0n) is 13.6. The third-order valence-corrected chi connectivity index (χ3v) is 3.21. The van der Waals surface area contributed by atoms with Crippen LogP contribution in [-0.2, 0) is 9.53 Å². The molecule has 138 valence electrons. The van der Waals surface area contributed by atoms with Gasteiger partial charge in [0.05, 0.1) is 12.2 Å². The van der Waals surface area contributed by atoms with Gasteiger partial charge in [-0.15, -0.1) is 0 Å². The van der Waals surface area contributed by atoms with E-state index in [1.54, 1.807) is 5.32 Å². The Labute approximate surface area is 146 Å². The minimum Gasteiger partial charge on any atom is -0.463 e. The van der Waals surface area contributed by atoms with Crippen LogP contribution in [0.4, 0.5) is 19.0 Å². The maximum Gasteiger partial charge on any atom is 0.441 e. The number of amides is 1. The Morgan fingerprint density at radius 1 is 1.15 bits per heavy atom. The van der Waals surface area contributed by atoms with Crippen LogP contribution in [0, 0.1) is 0 Å². The van der Waals surface area contributed by atoms with E-state index in [0.717, 1.165) is 6.20 Å². The van der Waals surface area contributed by atoms with Gasteiger partial charge in [0, 0.05) is 18.6 Å². The molecule has 2 N–H and O–H groups in total. The van der Waals surface area contributed by atoms with Crippen LogP contribution in [0.15, 0.2) is 48.9 Å². The molecule has 0 bridgehead atoms. The molecule has 10 heteroatoms. The number of carbonyl (C=O) groups is 2. The maximum atomic E-state index is 13.9. The summed E-state index contributed by atoms with van der Waals surface area (Å²) in [5.74, 6) is -3.15. The summed E-state index contributed by atoms with van der Waals surface area (Å²) in [7, 11) is 0. The van der Waals surface area contributed by atoms with Crippen LogP contribution in [0.1, 0.15) is 17.3 Å². The van der Waals surface area contributed by atoms with E-state index in [2.05, 4.69) is 14.7 Å². The molecule has 0 fully saturated rings. The van der Waals surface area contributed by atoms with Gasteiger partial charge in [0.1, 0.15) is 5.82 Å². The van der Waals surface area contributed by atoms with Crippen molar-refractivity contribution in [3.8, 4) is 0 Å². The van der Waals surface area contributed by atoms with Gasteiger partial charge in [-0.3, -0.25) is 9.78 Å². The standard InChI is InChI=1S/C16H15F3N4O3/c1-2-26-14(25)15(16(17,18)19,22-12-7-3-4-9-21-12)23-13(24)11-6-5-8-20-10-11/h3-10H,2H2,1H3,(H,21,22)(H,23,24). The molecule has 0 aliphatic heterocycles. The Kier molecular flexibility index (Phi) is 5.75. The van der Waals surface area contributed by atoms with Gasteiger partial charge in [-0.2, -0.15) is 13.2 Å². The zero-order chi connectivity index (χ0) is 19.2. The second-order valence-electron chi connectivity index (χ2n) is 5.00. The number of hydrogen-bond acceptors (Lipinski definition) is 6. The molecule has 0 spiro atoms. The van der Waals surface area contributed by atoms with Gasteiger partial charge in [0.25, 0.3) is 5.91 Å². The van der Waals surface area contributed by atoms with Gasteiger partial charge in [0.2, 0.25) is 0 Å². The predicted molar refractivity (Wildman–Crippen MR) is 85.0 cm³/mol. The van der Waals surface area contributed by atoms with Crippen molar-refractivity contribution in [1.82, 2.24) is 15.3 Å². The fraction of sp³-hybridized carbons (Fsp3) is 0.250. The summed E-state index contributed by atoms with van der Waals surface area (Å²) in [4.78, 5) is 31.9. The highest BCUT2D eigenvalue weighted by atomic mass is 19.4. The van der Waals surface area contributed by atoms with E-state index >= 15 is 0 Å². The molecule has 2 aromatic heterocycles. The average Bonchev–Trinajstić information content (AvgIpc) is 2.62. The van der Waals surface area contributed by atoms with Crippen LogP contribution in [0.3, 0.4) is 0 Å². The summed E-state index contributed by atoms with van der Waals surface area (Å²) in [5, 5.41) is 3.64. The highest BCUT2D eigenvalue weighted by molar-refractivity contribution is 5.99. The Bertz CT molecular complexity index is 756. The molecule has 7 nitrogen and oxygen atoms in total. The molecule has 1 amide bonds. The van der Waals surface area contributed by atoms with E-state index in [1.807, 2.05) is 5.32 Å². The lowest BCUT2D eigenvalue weighted by Crippen LogP contribution is -2.69. The molecule has 0 aliphatic carbocycles. The van der Waals surface area contributed by atoms with Crippen LogP contribution in [-0.4, -0.2) is 40.3 Å². The topological polar surface area (TPSA) is 93.2 Å². The van der Waals surface area contributed by atoms with E-state index in [4.69, 9.17) is 0 Å². The van der Waals surface area contributed by atoms with Crippen molar-refractivity contribution >= 4 is 17.7 Å². The quantitative estimate of drug-likeness (QED) is 0.599. The van der Waals surface area contributed by atoms with Crippen molar-refractivity contribution in [2.45, 2.75) is 18.8 Å². The third-order valence-electron chi connectivity index (χ3n) is 3.21. The monoisotopic (exact) mass is 368 g/mol. The lowest BCUT2D eigenvalue weighted by Gasteiger charge is -2.34. The number of aromatic nitrogens is 2.